The zero-order valence-electron chi connectivity index (χ0n) is 9.93. The third-order valence-electron chi connectivity index (χ3n) is 2.36. The van der Waals surface area contributed by atoms with E-state index in [1.54, 1.807) is 20.8 Å². The van der Waals surface area contributed by atoms with Crippen molar-refractivity contribution in [2.45, 2.75) is 44.9 Å². The highest BCUT2D eigenvalue weighted by Gasteiger charge is 2.32. The first-order chi connectivity index (χ1) is 7.33. The fourth-order valence-corrected chi connectivity index (χ4v) is 1.54. The predicted octanol–water partition coefficient (Wildman–Crippen LogP) is 1.39. The van der Waals surface area contributed by atoms with Gasteiger partial charge >= 0.3 is 6.09 Å². The van der Waals surface area contributed by atoms with E-state index in [0.717, 1.165) is 0 Å². The Morgan fingerprint density at radius 1 is 1.56 bits per heavy atom. The second kappa shape index (κ2) is 4.78. The highest BCUT2D eigenvalue weighted by molar-refractivity contribution is 5.68. The number of nitrogens with zero attached hydrogens (tertiary/aromatic N) is 2. The van der Waals surface area contributed by atoms with E-state index in [9.17, 15) is 9.90 Å². The summed E-state index contributed by atoms with van der Waals surface area (Å²) < 4.78 is 5.21. The quantitative estimate of drug-likeness (QED) is 0.666. The van der Waals surface area contributed by atoms with E-state index >= 15 is 0 Å². The molecule has 1 rings (SSSR count). The van der Waals surface area contributed by atoms with Gasteiger partial charge in [0.2, 0.25) is 0 Å². The summed E-state index contributed by atoms with van der Waals surface area (Å²) in [6, 6.07) is -0.527. The molecule has 6 heteroatoms. The molecule has 1 fully saturated rings. The maximum Gasteiger partial charge on any atom is 0.410 e. The molecule has 6 nitrogen and oxygen atoms in total. The minimum absolute atomic E-state index is 0.250. The Hall–Kier alpha value is -1.17. The lowest BCUT2D eigenvalue weighted by atomic mass is 10.0. The Morgan fingerprint density at radius 3 is 2.69 bits per heavy atom. The summed E-state index contributed by atoms with van der Waals surface area (Å²) in [6.45, 7) is 6.10. The number of ether oxygens (including phenoxy) is 1. The Labute approximate surface area is 95.1 Å². The molecule has 2 N–H and O–H groups in total. The molecule has 0 aromatic heterocycles. The number of piperidine rings is 1. The van der Waals surface area contributed by atoms with Gasteiger partial charge in [-0.25, -0.2) is 10.3 Å². The van der Waals surface area contributed by atoms with Crippen molar-refractivity contribution in [2.75, 3.05) is 13.1 Å². The fraction of sp³-hybridized carbons (Fsp3) is 0.900. The number of amides is 1. The molecule has 0 aromatic rings. The summed E-state index contributed by atoms with van der Waals surface area (Å²) in [5.74, 6) is 0. The van der Waals surface area contributed by atoms with Gasteiger partial charge in [-0.05, 0) is 27.2 Å². The number of carbonyl (C=O) groups is 1. The molecule has 1 saturated heterocycles. The van der Waals surface area contributed by atoms with Crippen molar-refractivity contribution >= 4 is 6.09 Å². The van der Waals surface area contributed by atoms with Gasteiger partial charge in [0.1, 0.15) is 11.6 Å². The van der Waals surface area contributed by atoms with E-state index in [1.807, 2.05) is 0 Å². The molecule has 92 valence electrons. The van der Waals surface area contributed by atoms with Crippen LogP contribution in [0.5, 0.6) is 0 Å². The van der Waals surface area contributed by atoms with Crippen LogP contribution in [0.3, 0.4) is 0 Å². The van der Waals surface area contributed by atoms with Gasteiger partial charge in [-0.15, -0.1) is 0 Å². The summed E-state index contributed by atoms with van der Waals surface area (Å²) in [7, 11) is 0. The minimum Gasteiger partial charge on any atom is -0.444 e. The molecular formula is C10H19N3O3. The number of aliphatic hydroxyl groups excluding tert-OH is 1. The molecule has 16 heavy (non-hydrogen) atoms. The first kappa shape index (κ1) is 12.9. The maximum atomic E-state index is 11.7. The van der Waals surface area contributed by atoms with Crippen LogP contribution >= 0.6 is 0 Å². The number of rotatable bonds is 1. The topological polar surface area (TPSA) is 86.0 Å². The van der Waals surface area contributed by atoms with Crippen LogP contribution in [-0.2, 0) is 4.74 Å². The van der Waals surface area contributed by atoms with Gasteiger partial charge in [0.25, 0.3) is 0 Å². The Balaban J connectivity index is 2.55. The van der Waals surface area contributed by atoms with Crippen LogP contribution in [0.2, 0.25) is 0 Å². The standard InChI is InChI=1S/C10H19N3O3/c1-10(2,3)16-9(15)13-5-4-8(14)7(6-13)12-11/h7-8,11,14H,4-6H2,1-3H3. The van der Waals surface area contributed by atoms with Crippen molar-refractivity contribution in [1.82, 2.24) is 4.90 Å². The van der Waals surface area contributed by atoms with Crippen LogP contribution in [0.4, 0.5) is 4.79 Å². The van der Waals surface area contributed by atoms with E-state index in [4.69, 9.17) is 10.3 Å². The third kappa shape index (κ3) is 3.44. The van der Waals surface area contributed by atoms with Crippen molar-refractivity contribution in [3.8, 4) is 0 Å². The molecule has 0 bridgehead atoms. The predicted molar refractivity (Wildman–Crippen MR) is 57.4 cm³/mol. The maximum absolute atomic E-state index is 11.7. The molecule has 0 radical (unpaired) electrons. The SMILES string of the molecule is CC(C)(C)OC(=O)N1CCC(O)C(N=N)C1. The van der Waals surface area contributed by atoms with Gasteiger partial charge in [0.05, 0.1) is 12.6 Å². The molecule has 0 aromatic carbocycles. The molecule has 1 aliphatic rings. The summed E-state index contributed by atoms with van der Waals surface area (Å²) >= 11 is 0. The smallest absolute Gasteiger partial charge is 0.410 e. The number of carbonyl (C=O) groups excluding carboxylic acids is 1. The lowest BCUT2D eigenvalue weighted by Gasteiger charge is -2.34. The summed E-state index contributed by atoms with van der Waals surface area (Å²) in [5, 5.41) is 12.8. The van der Waals surface area contributed by atoms with E-state index in [-0.39, 0.29) is 6.54 Å². The molecule has 0 saturated carbocycles. The molecule has 1 heterocycles. The third-order valence-corrected chi connectivity index (χ3v) is 2.36. The summed E-state index contributed by atoms with van der Waals surface area (Å²) in [4.78, 5) is 13.2. The van der Waals surface area contributed by atoms with E-state index in [0.29, 0.717) is 13.0 Å². The highest BCUT2D eigenvalue weighted by atomic mass is 16.6. The molecule has 2 atom stereocenters. The second-order valence-electron chi connectivity index (χ2n) is 4.98. The highest BCUT2D eigenvalue weighted by Crippen LogP contribution is 2.17. The van der Waals surface area contributed by atoms with Crippen LogP contribution in [-0.4, -0.2) is 46.9 Å². The first-order valence-electron chi connectivity index (χ1n) is 5.36. The van der Waals surface area contributed by atoms with Crippen LogP contribution in [0.15, 0.2) is 5.11 Å². The van der Waals surface area contributed by atoms with Crippen LogP contribution in [0.1, 0.15) is 27.2 Å². The fourth-order valence-electron chi connectivity index (χ4n) is 1.54. The largest absolute Gasteiger partial charge is 0.444 e. The molecule has 2 unspecified atom stereocenters. The number of hydrogen-bond donors (Lipinski definition) is 2. The number of nitrogens with one attached hydrogen (secondary N) is 1. The first-order valence-corrected chi connectivity index (χ1v) is 5.36. The molecular weight excluding hydrogens is 210 g/mol. The van der Waals surface area contributed by atoms with Crippen LogP contribution in [0.25, 0.3) is 0 Å². The number of aliphatic hydroxyl groups is 1. The average molecular weight is 229 g/mol. The van der Waals surface area contributed by atoms with Gasteiger partial charge < -0.3 is 14.7 Å². The average Bonchev–Trinajstić information content (AvgIpc) is 2.15. The Kier molecular flexibility index (Phi) is 3.85. The van der Waals surface area contributed by atoms with Gasteiger partial charge in [-0.3, -0.25) is 0 Å². The summed E-state index contributed by atoms with van der Waals surface area (Å²) in [6.07, 6.45) is -0.601. The zero-order valence-corrected chi connectivity index (χ0v) is 9.93. The van der Waals surface area contributed by atoms with E-state index in [1.165, 1.54) is 4.90 Å². The minimum atomic E-state index is -0.629. The molecule has 0 spiro atoms. The lowest BCUT2D eigenvalue weighted by molar-refractivity contribution is 0.00424. The van der Waals surface area contributed by atoms with Gasteiger partial charge in [0, 0.05) is 6.54 Å². The van der Waals surface area contributed by atoms with Crippen LogP contribution < -0.4 is 0 Å². The number of hydrogen-bond acceptors (Lipinski definition) is 5. The number of likely N-dealkylation sites (tertiary alicyclic amines) is 1. The second-order valence-corrected chi connectivity index (χ2v) is 4.98. The zero-order chi connectivity index (χ0) is 12.3. The van der Waals surface area contributed by atoms with Gasteiger partial charge in [-0.1, -0.05) is 0 Å². The van der Waals surface area contributed by atoms with Crippen LogP contribution in [0, 0.1) is 5.53 Å². The van der Waals surface area contributed by atoms with E-state index in [2.05, 4.69) is 5.11 Å². The lowest BCUT2D eigenvalue weighted by Crippen LogP contribution is -2.49. The molecule has 1 aliphatic heterocycles. The van der Waals surface area contributed by atoms with E-state index < -0.39 is 23.8 Å². The Morgan fingerprint density at radius 2 is 2.19 bits per heavy atom. The molecule has 1 amide bonds. The van der Waals surface area contributed by atoms with Crippen molar-refractivity contribution in [1.29, 1.82) is 5.53 Å². The van der Waals surface area contributed by atoms with Crippen molar-refractivity contribution in [3.63, 3.8) is 0 Å². The monoisotopic (exact) mass is 229 g/mol. The Bertz CT molecular complexity index is 275. The van der Waals surface area contributed by atoms with Crippen molar-refractivity contribution in [3.05, 3.63) is 0 Å². The van der Waals surface area contributed by atoms with Crippen molar-refractivity contribution in [2.24, 2.45) is 5.11 Å². The van der Waals surface area contributed by atoms with Gasteiger partial charge in [-0.2, -0.15) is 5.11 Å². The summed E-state index contributed by atoms with van der Waals surface area (Å²) in [5.41, 5.74) is 6.40. The van der Waals surface area contributed by atoms with Crippen molar-refractivity contribution < 1.29 is 14.6 Å². The normalized spacial score (nSPS) is 26.4. The van der Waals surface area contributed by atoms with Gasteiger partial charge in [0.15, 0.2) is 0 Å². The molecule has 0 aliphatic carbocycles.